The molecule has 0 N–H and O–H groups in total. The highest BCUT2D eigenvalue weighted by Crippen LogP contribution is 2.59. The molecule has 0 amide bonds. The van der Waals surface area contributed by atoms with Crippen molar-refractivity contribution in [2.45, 2.75) is 33.6 Å². The number of Topliss-reactive ketones (excluding diaryl/α,β-unsaturated/α-hetero) is 1. The minimum Gasteiger partial charge on any atom is -0.504 e. The second-order valence-electron chi connectivity index (χ2n) is 6.51. The Bertz CT molecular complexity index is 451. The van der Waals surface area contributed by atoms with E-state index >= 15 is 0 Å². The number of fused-ring (bicyclic) bond motifs is 2. The van der Waals surface area contributed by atoms with Crippen LogP contribution >= 0.6 is 0 Å². The first kappa shape index (κ1) is 15.1. The van der Waals surface area contributed by atoms with E-state index < -0.39 is 17.3 Å². The minimum absolute atomic E-state index is 0.0128. The highest BCUT2D eigenvalue weighted by molar-refractivity contribution is 6.06. The van der Waals surface area contributed by atoms with Gasteiger partial charge in [0.1, 0.15) is 5.92 Å². The fourth-order valence-corrected chi connectivity index (χ4v) is 4.08. The molecule has 4 heteroatoms. The van der Waals surface area contributed by atoms with Gasteiger partial charge in [-0.3, -0.25) is 9.59 Å². The zero-order valence-corrected chi connectivity index (χ0v) is 12.9. The average molecular weight is 280 g/mol. The number of allylic oxidation sites excluding steroid dienone is 1. The molecule has 112 valence electrons. The van der Waals surface area contributed by atoms with Crippen LogP contribution in [0.25, 0.3) is 0 Å². The molecule has 2 aliphatic rings. The van der Waals surface area contributed by atoms with Gasteiger partial charge in [0.15, 0.2) is 5.78 Å². The maximum Gasteiger partial charge on any atom is 0.317 e. The van der Waals surface area contributed by atoms with E-state index in [1.807, 2.05) is 6.92 Å². The van der Waals surface area contributed by atoms with Crippen molar-refractivity contribution < 1.29 is 19.1 Å². The summed E-state index contributed by atoms with van der Waals surface area (Å²) in [6.07, 6.45) is 3.48. The summed E-state index contributed by atoms with van der Waals surface area (Å²) in [5.41, 5.74) is 0.529. The van der Waals surface area contributed by atoms with Gasteiger partial charge in [-0.15, -0.1) is 0 Å². The second-order valence-corrected chi connectivity index (χ2v) is 6.51. The molecule has 2 bridgehead atoms. The summed E-state index contributed by atoms with van der Waals surface area (Å²) in [5, 5.41) is 0. The molecule has 0 aliphatic heterocycles. The molecule has 0 spiro atoms. The van der Waals surface area contributed by atoms with Crippen LogP contribution in [0.15, 0.2) is 11.8 Å². The van der Waals surface area contributed by atoms with Crippen LogP contribution in [0.3, 0.4) is 0 Å². The quantitative estimate of drug-likeness (QED) is 0.453. The molecule has 0 heterocycles. The lowest BCUT2D eigenvalue weighted by Gasteiger charge is -2.39. The smallest absolute Gasteiger partial charge is 0.317 e. The Balaban J connectivity index is 2.52. The Labute approximate surface area is 120 Å². The average Bonchev–Trinajstić information content (AvgIpc) is 2.53. The van der Waals surface area contributed by atoms with Crippen molar-refractivity contribution in [2.75, 3.05) is 14.2 Å². The van der Waals surface area contributed by atoms with Crippen LogP contribution in [-0.2, 0) is 19.1 Å². The number of rotatable bonds is 3. The fraction of sp³-hybridized carbons (Fsp3) is 0.750. The molecule has 0 aromatic rings. The molecule has 1 unspecified atom stereocenters. The number of hydrogen-bond donors (Lipinski definition) is 0. The third kappa shape index (κ3) is 1.97. The monoisotopic (exact) mass is 280 g/mol. The van der Waals surface area contributed by atoms with E-state index in [2.05, 4.69) is 13.8 Å². The number of esters is 1. The molecule has 4 atom stereocenters. The van der Waals surface area contributed by atoms with Crippen molar-refractivity contribution in [3.8, 4) is 0 Å². The summed E-state index contributed by atoms with van der Waals surface area (Å²) in [6.45, 7) is 6.26. The predicted octanol–water partition coefficient (Wildman–Crippen LogP) is 2.58. The van der Waals surface area contributed by atoms with E-state index in [1.54, 1.807) is 13.4 Å². The zero-order chi connectivity index (χ0) is 15.1. The summed E-state index contributed by atoms with van der Waals surface area (Å²) < 4.78 is 10.1. The van der Waals surface area contributed by atoms with Gasteiger partial charge in [-0.25, -0.2) is 0 Å². The molecular formula is C16H24O4. The van der Waals surface area contributed by atoms with Crippen LogP contribution in [0, 0.1) is 29.1 Å². The zero-order valence-electron chi connectivity index (χ0n) is 12.9. The molecule has 0 aromatic heterocycles. The summed E-state index contributed by atoms with van der Waals surface area (Å²) in [6, 6.07) is 0. The van der Waals surface area contributed by atoms with Gasteiger partial charge >= 0.3 is 5.97 Å². The third-order valence-corrected chi connectivity index (χ3v) is 5.19. The molecule has 2 rings (SSSR count). The number of carbonyl (C=O) groups is 2. The molecule has 4 nitrogen and oxygen atoms in total. The van der Waals surface area contributed by atoms with Gasteiger partial charge < -0.3 is 9.47 Å². The lowest BCUT2D eigenvalue weighted by Crippen LogP contribution is -2.35. The minimum atomic E-state index is -0.678. The lowest BCUT2D eigenvalue weighted by atomic mass is 9.64. The van der Waals surface area contributed by atoms with Crippen LogP contribution in [0.1, 0.15) is 33.6 Å². The van der Waals surface area contributed by atoms with Crippen LogP contribution in [0.5, 0.6) is 0 Å². The van der Waals surface area contributed by atoms with Gasteiger partial charge in [-0.2, -0.15) is 0 Å². The number of ketones is 1. The first-order valence-corrected chi connectivity index (χ1v) is 7.23. The van der Waals surface area contributed by atoms with Crippen molar-refractivity contribution in [2.24, 2.45) is 29.1 Å². The van der Waals surface area contributed by atoms with Gasteiger partial charge in [0.2, 0.25) is 0 Å². The number of ether oxygens (including phenoxy) is 2. The first-order chi connectivity index (χ1) is 9.38. The van der Waals surface area contributed by atoms with Crippen molar-refractivity contribution in [1.82, 2.24) is 0 Å². The third-order valence-electron chi connectivity index (χ3n) is 5.19. The maximum absolute atomic E-state index is 12.8. The summed E-state index contributed by atoms with van der Waals surface area (Å²) >= 11 is 0. The van der Waals surface area contributed by atoms with E-state index in [0.717, 1.165) is 18.4 Å². The van der Waals surface area contributed by atoms with Crippen molar-refractivity contribution in [3.63, 3.8) is 0 Å². The van der Waals surface area contributed by atoms with Crippen LogP contribution in [-0.4, -0.2) is 26.0 Å². The summed E-state index contributed by atoms with van der Waals surface area (Å²) in [7, 11) is 2.94. The maximum atomic E-state index is 12.8. The van der Waals surface area contributed by atoms with Crippen LogP contribution < -0.4 is 0 Å². The molecule has 2 saturated carbocycles. The van der Waals surface area contributed by atoms with Crippen molar-refractivity contribution >= 4 is 11.8 Å². The normalized spacial score (nSPS) is 38.4. The molecule has 0 saturated heterocycles. The van der Waals surface area contributed by atoms with E-state index in [9.17, 15) is 9.59 Å². The Hall–Kier alpha value is -1.32. The summed E-state index contributed by atoms with van der Waals surface area (Å²) in [5.74, 6) is -0.581. The number of methoxy groups -OCH3 is 2. The van der Waals surface area contributed by atoms with Gasteiger partial charge in [0, 0.05) is 11.3 Å². The SMILES string of the molecule is COC=C1[C@H]2C(=O)C(C(=O)OC)[C@]1(C)CC[C@@H]2C(C)C. The summed E-state index contributed by atoms with van der Waals surface area (Å²) in [4.78, 5) is 24.9. The van der Waals surface area contributed by atoms with Crippen molar-refractivity contribution in [3.05, 3.63) is 11.8 Å². The Morgan fingerprint density at radius 3 is 2.55 bits per heavy atom. The Morgan fingerprint density at radius 2 is 2.05 bits per heavy atom. The molecular weight excluding hydrogens is 256 g/mol. The number of carbonyl (C=O) groups excluding carboxylic acids is 2. The van der Waals surface area contributed by atoms with Crippen molar-refractivity contribution in [1.29, 1.82) is 0 Å². The molecule has 2 aliphatic carbocycles. The Morgan fingerprint density at radius 1 is 1.40 bits per heavy atom. The molecule has 20 heavy (non-hydrogen) atoms. The lowest BCUT2D eigenvalue weighted by molar-refractivity contribution is -0.151. The van der Waals surface area contributed by atoms with Gasteiger partial charge in [0.05, 0.1) is 20.5 Å². The molecule has 0 radical (unpaired) electrons. The molecule has 0 aromatic carbocycles. The molecule has 2 fully saturated rings. The first-order valence-electron chi connectivity index (χ1n) is 7.23. The topological polar surface area (TPSA) is 52.6 Å². The second kappa shape index (κ2) is 5.23. The van der Waals surface area contributed by atoms with Gasteiger partial charge in [-0.05, 0) is 30.3 Å². The van der Waals surface area contributed by atoms with E-state index in [1.165, 1.54) is 7.11 Å². The largest absolute Gasteiger partial charge is 0.504 e. The highest BCUT2D eigenvalue weighted by atomic mass is 16.5. The van der Waals surface area contributed by atoms with Gasteiger partial charge in [-0.1, -0.05) is 20.8 Å². The standard InChI is InChI=1S/C16H24O4/c1-9(2)10-6-7-16(3)11(8-19-4)12(10)14(17)13(16)15(18)20-5/h8-10,12-13H,6-7H2,1-5H3/t10-,12+,13?,16-/m1/s1. The highest BCUT2D eigenvalue weighted by Gasteiger charge is 2.62. The van der Waals surface area contributed by atoms with Gasteiger partial charge in [0.25, 0.3) is 0 Å². The fourth-order valence-electron chi connectivity index (χ4n) is 4.08. The predicted molar refractivity (Wildman–Crippen MR) is 74.8 cm³/mol. The van der Waals surface area contributed by atoms with E-state index in [0.29, 0.717) is 5.92 Å². The Kier molecular flexibility index (Phi) is 3.94. The van der Waals surface area contributed by atoms with E-state index in [4.69, 9.17) is 9.47 Å². The van der Waals surface area contributed by atoms with Crippen LogP contribution in [0.2, 0.25) is 0 Å². The number of hydrogen-bond acceptors (Lipinski definition) is 4. The van der Waals surface area contributed by atoms with Crippen LogP contribution in [0.4, 0.5) is 0 Å². The van der Waals surface area contributed by atoms with E-state index in [-0.39, 0.29) is 17.6 Å².